The van der Waals surface area contributed by atoms with Gasteiger partial charge in [-0.3, -0.25) is 9.59 Å². The van der Waals surface area contributed by atoms with Crippen molar-refractivity contribution in [3.63, 3.8) is 0 Å². The summed E-state index contributed by atoms with van der Waals surface area (Å²) in [5, 5.41) is 14.9. The van der Waals surface area contributed by atoms with Gasteiger partial charge in [-0.1, -0.05) is 48.0 Å². The van der Waals surface area contributed by atoms with Crippen LogP contribution in [0.3, 0.4) is 0 Å². The Labute approximate surface area is 252 Å². The van der Waals surface area contributed by atoms with Crippen LogP contribution in [0.15, 0.2) is 85.3 Å². The number of aromatic amines is 1. The molecule has 10 nitrogen and oxygen atoms in total. The highest BCUT2D eigenvalue weighted by Crippen LogP contribution is 2.42. The number of carbonyl (C=O) groups excluding carboxylic acids is 2. The number of piperidine rings is 1. The van der Waals surface area contributed by atoms with E-state index in [-0.39, 0.29) is 23.8 Å². The predicted molar refractivity (Wildman–Crippen MR) is 162 cm³/mol. The molecule has 4 heterocycles. The van der Waals surface area contributed by atoms with Crippen molar-refractivity contribution in [1.82, 2.24) is 35.1 Å². The number of H-pyrrole nitrogens is 1. The monoisotopic (exact) mass is 590 g/mol. The largest absolute Gasteiger partial charge is 0.340 e. The Bertz CT molecular complexity index is 1830. The molecule has 1 saturated heterocycles. The second-order valence-corrected chi connectivity index (χ2v) is 11.1. The molecule has 7 rings (SSSR count). The van der Waals surface area contributed by atoms with Crippen LogP contribution in [-0.2, 0) is 16.0 Å². The summed E-state index contributed by atoms with van der Waals surface area (Å²) in [5.74, 6) is 0.636. The fourth-order valence-corrected chi connectivity index (χ4v) is 6.24. The Balaban J connectivity index is 1.23. The van der Waals surface area contributed by atoms with Crippen LogP contribution in [0.25, 0.3) is 23.0 Å². The van der Waals surface area contributed by atoms with Crippen molar-refractivity contribution in [3.8, 4) is 16.9 Å². The van der Waals surface area contributed by atoms with Crippen LogP contribution >= 0.6 is 11.6 Å². The number of anilines is 1. The average molecular weight is 591 g/mol. The summed E-state index contributed by atoms with van der Waals surface area (Å²) in [5.41, 5.74) is 6.16. The van der Waals surface area contributed by atoms with Crippen LogP contribution in [-0.4, -0.2) is 53.4 Å². The molecule has 0 radical (unpaired) electrons. The van der Waals surface area contributed by atoms with Gasteiger partial charge in [-0.2, -0.15) is 4.68 Å². The third-order valence-electron chi connectivity index (χ3n) is 8.05. The van der Waals surface area contributed by atoms with E-state index in [2.05, 4.69) is 38.0 Å². The second-order valence-electron chi connectivity index (χ2n) is 10.7. The number of likely N-dealkylation sites (tertiary alicyclic amines) is 1. The lowest BCUT2D eigenvalue weighted by atomic mass is 9.83. The molecule has 0 bridgehead atoms. The van der Waals surface area contributed by atoms with Gasteiger partial charge in [-0.25, -0.2) is 4.98 Å². The normalized spacial score (nSPS) is 18.2. The van der Waals surface area contributed by atoms with Crippen molar-refractivity contribution in [1.29, 1.82) is 0 Å². The molecule has 3 aromatic carbocycles. The number of aromatic nitrogens is 6. The third kappa shape index (κ3) is 5.32. The number of hydrogen-bond donors (Lipinski definition) is 2. The molecule has 2 N–H and O–H groups in total. The number of carbonyl (C=O) groups is 2. The van der Waals surface area contributed by atoms with Crippen LogP contribution in [0.1, 0.15) is 47.3 Å². The van der Waals surface area contributed by atoms with E-state index in [1.54, 1.807) is 30.5 Å². The molecule has 0 saturated carbocycles. The molecule has 2 aromatic heterocycles. The van der Waals surface area contributed by atoms with Gasteiger partial charge in [-0.05, 0) is 76.4 Å². The summed E-state index contributed by atoms with van der Waals surface area (Å²) in [7, 11) is 0. The van der Waals surface area contributed by atoms with Crippen LogP contribution in [0, 0.1) is 0 Å². The number of nitrogens with one attached hydrogen (secondary N) is 2. The van der Waals surface area contributed by atoms with Crippen LogP contribution in [0.4, 0.5) is 5.69 Å². The van der Waals surface area contributed by atoms with Crippen molar-refractivity contribution in [2.24, 2.45) is 0 Å². The molecular formula is C32H27ClN8O2. The van der Waals surface area contributed by atoms with Gasteiger partial charge in [0.1, 0.15) is 12.2 Å². The topological polar surface area (TPSA) is 122 Å². The Morgan fingerprint density at radius 2 is 1.95 bits per heavy atom. The maximum absolute atomic E-state index is 13.9. The number of nitrogens with zero attached hydrogens (tertiary/aromatic N) is 6. The molecule has 0 unspecified atom stereocenters. The lowest BCUT2D eigenvalue weighted by molar-refractivity contribution is -0.130. The molecule has 2 aliphatic rings. The number of imidazole rings is 1. The van der Waals surface area contributed by atoms with Crippen molar-refractivity contribution >= 4 is 35.2 Å². The maximum atomic E-state index is 13.9. The molecule has 2 aliphatic heterocycles. The number of hydrogen-bond acceptors (Lipinski definition) is 6. The van der Waals surface area contributed by atoms with E-state index in [9.17, 15) is 9.59 Å². The molecular weight excluding hydrogens is 564 g/mol. The van der Waals surface area contributed by atoms with Crippen molar-refractivity contribution in [2.45, 2.75) is 31.2 Å². The van der Waals surface area contributed by atoms with Gasteiger partial charge in [0.2, 0.25) is 11.8 Å². The van der Waals surface area contributed by atoms with Gasteiger partial charge in [-0.15, -0.1) is 5.10 Å². The summed E-state index contributed by atoms with van der Waals surface area (Å²) >= 11 is 6.30. The van der Waals surface area contributed by atoms with Gasteiger partial charge in [0.25, 0.3) is 0 Å². The van der Waals surface area contributed by atoms with Crippen molar-refractivity contribution in [3.05, 3.63) is 113 Å². The van der Waals surface area contributed by atoms with E-state index in [0.29, 0.717) is 29.2 Å². The first kappa shape index (κ1) is 26.8. The highest BCUT2D eigenvalue weighted by atomic mass is 35.5. The molecule has 11 heteroatoms. The summed E-state index contributed by atoms with van der Waals surface area (Å²) in [6, 6.07) is 21.2. The minimum atomic E-state index is -0.307. The predicted octanol–water partition coefficient (Wildman–Crippen LogP) is 5.36. The minimum Gasteiger partial charge on any atom is -0.340 e. The molecule has 0 aliphatic carbocycles. The number of benzene rings is 3. The highest BCUT2D eigenvalue weighted by molar-refractivity contribution is 6.30. The van der Waals surface area contributed by atoms with Crippen LogP contribution < -0.4 is 5.32 Å². The molecule has 1 fully saturated rings. The Morgan fingerprint density at radius 3 is 2.79 bits per heavy atom. The number of tetrazole rings is 1. The van der Waals surface area contributed by atoms with Crippen LogP contribution in [0.5, 0.6) is 0 Å². The Kier molecular flexibility index (Phi) is 7.04. The summed E-state index contributed by atoms with van der Waals surface area (Å²) in [6.07, 6.45) is 8.78. The van der Waals surface area contributed by atoms with Crippen molar-refractivity contribution < 1.29 is 9.59 Å². The van der Waals surface area contributed by atoms with E-state index in [0.717, 1.165) is 46.7 Å². The quantitative estimate of drug-likeness (QED) is 0.257. The zero-order valence-corrected chi connectivity index (χ0v) is 23.8. The number of halogens is 1. The number of fused-ring (bicyclic) bond motifs is 1. The van der Waals surface area contributed by atoms with E-state index in [4.69, 9.17) is 16.6 Å². The maximum Gasteiger partial charge on any atom is 0.247 e. The Hall–Kier alpha value is -5.09. The zero-order chi connectivity index (χ0) is 29.3. The van der Waals surface area contributed by atoms with E-state index >= 15 is 0 Å². The van der Waals surface area contributed by atoms with Gasteiger partial charge >= 0.3 is 0 Å². The molecule has 2 amide bonds. The van der Waals surface area contributed by atoms with Gasteiger partial charge in [0.15, 0.2) is 0 Å². The second kappa shape index (κ2) is 11.3. The van der Waals surface area contributed by atoms with Gasteiger partial charge in [0.05, 0.1) is 30.0 Å². The average Bonchev–Trinajstić information content (AvgIpc) is 3.81. The van der Waals surface area contributed by atoms with Gasteiger partial charge < -0.3 is 15.2 Å². The number of rotatable bonds is 6. The lowest BCUT2D eigenvalue weighted by Crippen LogP contribution is -2.41. The standard InChI is InChI=1S/C32H27ClN8O2/c33-24-10-12-28(41-19-35-38-39-41)22(16-24)9-13-30(43)40-14-4-7-25(20-5-2-1-3-6-20)31(40)32-34-18-27(37-32)21-8-11-26-23(15-21)17-29(42)36-26/h1-3,5-6,8-13,15-16,18-19,25,31H,4,7,14,17H2,(H,34,37)(H,36,42)/b13-9+/t25-,31-/m1/s1. The Morgan fingerprint density at radius 1 is 1.07 bits per heavy atom. The third-order valence-corrected chi connectivity index (χ3v) is 8.28. The first-order valence-electron chi connectivity index (χ1n) is 14.1. The fraction of sp³-hybridized carbons (Fsp3) is 0.188. The molecule has 5 aromatic rings. The lowest BCUT2D eigenvalue weighted by Gasteiger charge is -2.40. The summed E-state index contributed by atoms with van der Waals surface area (Å²) in [6.45, 7) is 0.592. The minimum absolute atomic E-state index is 0.00424. The fourth-order valence-electron chi connectivity index (χ4n) is 6.06. The molecule has 214 valence electrons. The van der Waals surface area contributed by atoms with Crippen LogP contribution in [0.2, 0.25) is 5.02 Å². The van der Waals surface area contributed by atoms with E-state index in [1.165, 1.54) is 11.0 Å². The first-order valence-corrected chi connectivity index (χ1v) is 14.5. The zero-order valence-electron chi connectivity index (χ0n) is 23.0. The highest BCUT2D eigenvalue weighted by Gasteiger charge is 2.37. The SMILES string of the molecule is O=C1Cc2cc(-c3cnc([C@H]4[C@@H](c5ccccc5)CCCN4C(=O)/C=C/c4cc(Cl)ccc4-n4cnnn4)[nH]3)ccc2N1. The number of amides is 2. The summed E-state index contributed by atoms with van der Waals surface area (Å²) in [4.78, 5) is 36.0. The summed E-state index contributed by atoms with van der Waals surface area (Å²) < 4.78 is 1.53. The molecule has 43 heavy (non-hydrogen) atoms. The van der Waals surface area contributed by atoms with Gasteiger partial charge in [0, 0.05) is 34.8 Å². The molecule has 0 spiro atoms. The first-order chi connectivity index (χ1) is 21.0. The smallest absolute Gasteiger partial charge is 0.247 e. The van der Waals surface area contributed by atoms with E-state index < -0.39 is 0 Å². The van der Waals surface area contributed by atoms with Crippen molar-refractivity contribution in [2.75, 3.05) is 11.9 Å². The molecule has 2 atom stereocenters. The van der Waals surface area contributed by atoms with E-state index in [1.807, 2.05) is 47.4 Å².